The molecule has 0 radical (unpaired) electrons. The van der Waals surface area contributed by atoms with Crippen molar-refractivity contribution < 1.29 is 4.79 Å². The van der Waals surface area contributed by atoms with Crippen LogP contribution in [0.5, 0.6) is 0 Å². The van der Waals surface area contributed by atoms with E-state index in [1.807, 2.05) is 42.5 Å². The van der Waals surface area contributed by atoms with E-state index >= 15 is 0 Å². The SMILES string of the molecule is CCN(CC)c1ccc(Nc2ccc(NC(=O)Cc3ccccc3)nc2)c(C)c1. The van der Waals surface area contributed by atoms with E-state index in [1.165, 1.54) is 11.3 Å². The molecule has 0 unspecified atom stereocenters. The Morgan fingerprint density at radius 2 is 1.76 bits per heavy atom. The first-order chi connectivity index (χ1) is 14.1. The van der Waals surface area contributed by atoms with Gasteiger partial charge in [-0.2, -0.15) is 0 Å². The van der Waals surface area contributed by atoms with Gasteiger partial charge in [0.2, 0.25) is 5.91 Å². The fourth-order valence-corrected chi connectivity index (χ4v) is 3.24. The summed E-state index contributed by atoms with van der Waals surface area (Å²) in [7, 11) is 0. The molecule has 2 aromatic carbocycles. The van der Waals surface area contributed by atoms with Crippen LogP contribution in [0.15, 0.2) is 66.9 Å². The number of benzene rings is 2. The summed E-state index contributed by atoms with van der Waals surface area (Å²) in [5.41, 5.74) is 5.31. The van der Waals surface area contributed by atoms with Gasteiger partial charge in [0.05, 0.1) is 18.3 Å². The first-order valence-corrected chi connectivity index (χ1v) is 10.0. The van der Waals surface area contributed by atoms with Crippen LogP contribution in [0.4, 0.5) is 22.9 Å². The molecule has 29 heavy (non-hydrogen) atoms. The van der Waals surface area contributed by atoms with Gasteiger partial charge in [0.15, 0.2) is 0 Å². The molecule has 0 aliphatic rings. The van der Waals surface area contributed by atoms with Gasteiger partial charge < -0.3 is 15.5 Å². The summed E-state index contributed by atoms with van der Waals surface area (Å²) in [4.78, 5) is 18.8. The summed E-state index contributed by atoms with van der Waals surface area (Å²) >= 11 is 0. The van der Waals surface area contributed by atoms with Crippen LogP contribution in [-0.4, -0.2) is 24.0 Å². The van der Waals surface area contributed by atoms with Crippen LogP contribution in [0.1, 0.15) is 25.0 Å². The average molecular weight is 389 g/mol. The number of aromatic nitrogens is 1. The molecule has 5 nitrogen and oxygen atoms in total. The third-order valence-corrected chi connectivity index (χ3v) is 4.86. The second kappa shape index (κ2) is 9.73. The van der Waals surface area contributed by atoms with Crippen molar-refractivity contribution in [1.29, 1.82) is 0 Å². The Labute approximate surface area is 172 Å². The van der Waals surface area contributed by atoms with Gasteiger partial charge >= 0.3 is 0 Å². The van der Waals surface area contributed by atoms with Crippen molar-refractivity contribution >= 4 is 28.8 Å². The Bertz CT molecular complexity index is 935. The number of carbonyl (C=O) groups is 1. The topological polar surface area (TPSA) is 57.3 Å². The Morgan fingerprint density at radius 1 is 1.00 bits per heavy atom. The van der Waals surface area contributed by atoms with Crippen molar-refractivity contribution in [3.05, 3.63) is 78.0 Å². The minimum absolute atomic E-state index is 0.0766. The maximum Gasteiger partial charge on any atom is 0.229 e. The quantitative estimate of drug-likeness (QED) is 0.559. The van der Waals surface area contributed by atoms with Crippen LogP contribution >= 0.6 is 0 Å². The molecule has 1 heterocycles. The zero-order valence-corrected chi connectivity index (χ0v) is 17.3. The monoisotopic (exact) mass is 388 g/mol. The van der Waals surface area contributed by atoms with Gasteiger partial charge in [-0.15, -0.1) is 0 Å². The smallest absolute Gasteiger partial charge is 0.229 e. The van der Waals surface area contributed by atoms with E-state index in [0.29, 0.717) is 12.2 Å². The summed E-state index contributed by atoms with van der Waals surface area (Å²) in [5, 5.41) is 6.24. The molecule has 0 atom stereocenters. The molecule has 0 saturated heterocycles. The van der Waals surface area contributed by atoms with Crippen molar-refractivity contribution in [2.75, 3.05) is 28.6 Å². The summed E-state index contributed by atoms with van der Waals surface area (Å²) in [6.45, 7) is 8.41. The lowest BCUT2D eigenvalue weighted by Gasteiger charge is -2.22. The Kier molecular flexibility index (Phi) is 6.85. The number of hydrogen-bond donors (Lipinski definition) is 2. The standard InChI is InChI=1S/C24H28N4O/c1-4-28(5-2)21-12-13-22(18(3)15-21)26-20-11-14-23(25-17-20)27-24(29)16-19-9-7-6-8-10-19/h6-15,17,26H,4-5,16H2,1-3H3,(H,25,27,29). The van der Waals surface area contributed by atoms with Gasteiger partial charge in [0.25, 0.3) is 0 Å². The zero-order valence-electron chi connectivity index (χ0n) is 17.3. The van der Waals surface area contributed by atoms with Gasteiger partial charge in [-0.3, -0.25) is 4.79 Å². The fourth-order valence-electron chi connectivity index (χ4n) is 3.24. The average Bonchev–Trinajstić information content (AvgIpc) is 2.73. The van der Waals surface area contributed by atoms with Crippen molar-refractivity contribution in [2.24, 2.45) is 0 Å². The lowest BCUT2D eigenvalue weighted by molar-refractivity contribution is -0.115. The largest absolute Gasteiger partial charge is 0.372 e. The molecule has 0 bridgehead atoms. The summed E-state index contributed by atoms with van der Waals surface area (Å²) in [6.07, 6.45) is 2.07. The van der Waals surface area contributed by atoms with Crippen LogP contribution in [0.2, 0.25) is 0 Å². The van der Waals surface area contributed by atoms with E-state index < -0.39 is 0 Å². The van der Waals surface area contributed by atoms with E-state index in [-0.39, 0.29) is 5.91 Å². The van der Waals surface area contributed by atoms with E-state index in [4.69, 9.17) is 0 Å². The molecule has 1 aromatic heterocycles. The molecule has 0 aliphatic heterocycles. The second-order valence-electron chi connectivity index (χ2n) is 6.94. The summed E-state index contributed by atoms with van der Waals surface area (Å²) < 4.78 is 0. The lowest BCUT2D eigenvalue weighted by Crippen LogP contribution is -2.21. The number of anilines is 4. The van der Waals surface area contributed by atoms with E-state index in [2.05, 4.69) is 59.5 Å². The number of nitrogens with zero attached hydrogens (tertiary/aromatic N) is 2. The van der Waals surface area contributed by atoms with Gasteiger partial charge in [-0.05, 0) is 62.2 Å². The van der Waals surface area contributed by atoms with E-state index in [9.17, 15) is 4.79 Å². The first-order valence-electron chi connectivity index (χ1n) is 10.0. The molecule has 0 fully saturated rings. The highest BCUT2D eigenvalue weighted by molar-refractivity contribution is 5.91. The summed E-state index contributed by atoms with van der Waals surface area (Å²) in [6, 6.07) is 19.8. The predicted molar refractivity (Wildman–Crippen MR) is 121 cm³/mol. The van der Waals surface area contributed by atoms with Gasteiger partial charge in [-0.25, -0.2) is 4.98 Å². The minimum Gasteiger partial charge on any atom is -0.372 e. The molecular weight excluding hydrogens is 360 g/mol. The van der Waals surface area contributed by atoms with Crippen molar-refractivity contribution in [3.63, 3.8) is 0 Å². The van der Waals surface area contributed by atoms with E-state index in [0.717, 1.165) is 30.0 Å². The number of nitrogens with one attached hydrogen (secondary N) is 2. The normalized spacial score (nSPS) is 10.4. The number of aryl methyl sites for hydroxylation is 1. The predicted octanol–water partition coefficient (Wildman–Crippen LogP) is 5.16. The molecule has 1 amide bonds. The Hall–Kier alpha value is -3.34. The molecule has 5 heteroatoms. The molecule has 3 aromatic rings. The fraction of sp³-hybridized carbons (Fsp3) is 0.250. The molecule has 150 valence electrons. The van der Waals surface area contributed by atoms with Crippen LogP contribution in [-0.2, 0) is 11.2 Å². The molecular formula is C24H28N4O. The molecule has 3 rings (SSSR count). The van der Waals surface area contributed by atoms with Crippen LogP contribution in [0.3, 0.4) is 0 Å². The number of amides is 1. The van der Waals surface area contributed by atoms with E-state index in [1.54, 1.807) is 6.20 Å². The van der Waals surface area contributed by atoms with Gasteiger partial charge in [0, 0.05) is 24.5 Å². The van der Waals surface area contributed by atoms with Gasteiger partial charge in [-0.1, -0.05) is 30.3 Å². The molecule has 0 aliphatic carbocycles. The van der Waals surface area contributed by atoms with Crippen LogP contribution in [0, 0.1) is 6.92 Å². The molecule has 0 spiro atoms. The number of rotatable bonds is 8. The number of carbonyl (C=O) groups excluding carboxylic acids is 1. The van der Waals surface area contributed by atoms with Crippen LogP contribution in [0.25, 0.3) is 0 Å². The van der Waals surface area contributed by atoms with Crippen LogP contribution < -0.4 is 15.5 Å². The third-order valence-electron chi connectivity index (χ3n) is 4.86. The highest BCUT2D eigenvalue weighted by Crippen LogP contribution is 2.25. The highest BCUT2D eigenvalue weighted by Gasteiger charge is 2.07. The second-order valence-corrected chi connectivity index (χ2v) is 6.94. The van der Waals surface area contributed by atoms with Crippen molar-refractivity contribution in [3.8, 4) is 0 Å². The van der Waals surface area contributed by atoms with Gasteiger partial charge in [0.1, 0.15) is 5.82 Å². The molecule has 2 N–H and O–H groups in total. The number of hydrogen-bond acceptors (Lipinski definition) is 4. The maximum atomic E-state index is 12.2. The Balaban J connectivity index is 1.61. The lowest BCUT2D eigenvalue weighted by atomic mass is 10.1. The highest BCUT2D eigenvalue weighted by atomic mass is 16.1. The zero-order chi connectivity index (χ0) is 20.6. The first kappa shape index (κ1) is 20.4. The maximum absolute atomic E-state index is 12.2. The Morgan fingerprint density at radius 3 is 2.38 bits per heavy atom. The van der Waals surface area contributed by atoms with Crippen molar-refractivity contribution in [2.45, 2.75) is 27.2 Å². The number of pyridine rings is 1. The summed E-state index contributed by atoms with van der Waals surface area (Å²) in [5.74, 6) is 0.470. The third kappa shape index (κ3) is 5.57. The molecule has 0 saturated carbocycles. The minimum atomic E-state index is -0.0766. The van der Waals surface area contributed by atoms with Crippen molar-refractivity contribution in [1.82, 2.24) is 4.98 Å².